The minimum Gasteiger partial charge on any atom is -0.444 e. The summed E-state index contributed by atoms with van der Waals surface area (Å²) in [5.74, 6) is 0.633. The number of rotatable bonds is 6. The molecule has 1 aromatic heterocycles. The number of nitrogens with one attached hydrogen (secondary N) is 3. The highest BCUT2D eigenvalue weighted by atomic mass is 16.6. The molecular weight excluding hydrogens is 278 g/mol. The summed E-state index contributed by atoms with van der Waals surface area (Å²) in [6.07, 6.45) is 8.65. The SMILES string of the molecule is CC(C)(C)OC(=O)NCC(NCc1cc[nH]c1)C1CCCC1. The Balaban J connectivity index is 1.83. The number of carbonyl (C=O) groups excluding carboxylic acids is 1. The zero-order valence-electron chi connectivity index (χ0n) is 13.9. The van der Waals surface area contributed by atoms with Gasteiger partial charge in [0.15, 0.2) is 0 Å². The number of aromatic amines is 1. The Kier molecular flexibility index (Phi) is 5.89. The molecule has 2 rings (SSSR count). The first-order valence-corrected chi connectivity index (χ1v) is 8.26. The number of alkyl carbamates (subject to hydrolysis) is 1. The van der Waals surface area contributed by atoms with E-state index < -0.39 is 5.60 Å². The summed E-state index contributed by atoms with van der Waals surface area (Å²) in [6, 6.07) is 2.37. The summed E-state index contributed by atoms with van der Waals surface area (Å²) in [4.78, 5) is 14.9. The lowest BCUT2D eigenvalue weighted by atomic mass is 9.98. The molecule has 1 unspecified atom stereocenters. The molecule has 0 saturated heterocycles. The van der Waals surface area contributed by atoms with Crippen molar-refractivity contribution in [1.82, 2.24) is 15.6 Å². The topological polar surface area (TPSA) is 66.2 Å². The van der Waals surface area contributed by atoms with E-state index in [9.17, 15) is 4.79 Å². The summed E-state index contributed by atoms with van der Waals surface area (Å²) in [5, 5.41) is 6.51. The maximum Gasteiger partial charge on any atom is 0.407 e. The van der Waals surface area contributed by atoms with Crippen molar-refractivity contribution in [3.8, 4) is 0 Å². The second-order valence-corrected chi connectivity index (χ2v) is 7.13. The number of ether oxygens (including phenoxy) is 1. The smallest absolute Gasteiger partial charge is 0.407 e. The van der Waals surface area contributed by atoms with Gasteiger partial charge in [-0.15, -0.1) is 0 Å². The average molecular weight is 307 g/mol. The molecule has 1 amide bonds. The molecule has 1 atom stereocenters. The quantitative estimate of drug-likeness (QED) is 0.756. The lowest BCUT2D eigenvalue weighted by molar-refractivity contribution is 0.0518. The Labute approximate surface area is 133 Å². The summed E-state index contributed by atoms with van der Waals surface area (Å²) in [7, 11) is 0. The van der Waals surface area contributed by atoms with Gasteiger partial charge < -0.3 is 20.4 Å². The van der Waals surface area contributed by atoms with Crippen molar-refractivity contribution < 1.29 is 9.53 Å². The number of hydrogen-bond acceptors (Lipinski definition) is 3. The van der Waals surface area contributed by atoms with Gasteiger partial charge in [-0.2, -0.15) is 0 Å². The standard InChI is InChI=1S/C17H29N3O2/c1-17(2,3)22-16(21)20-12-15(14-6-4-5-7-14)19-11-13-8-9-18-10-13/h8-10,14-15,18-19H,4-7,11-12H2,1-3H3,(H,20,21). The first-order valence-electron chi connectivity index (χ1n) is 8.26. The van der Waals surface area contributed by atoms with E-state index in [2.05, 4.69) is 21.7 Å². The van der Waals surface area contributed by atoms with Crippen molar-refractivity contribution in [2.24, 2.45) is 5.92 Å². The fourth-order valence-corrected chi connectivity index (χ4v) is 2.99. The maximum atomic E-state index is 11.8. The molecule has 0 aromatic carbocycles. The Morgan fingerprint density at radius 3 is 2.73 bits per heavy atom. The molecule has 0 aliphatic heterocycles. The van der Waals surface area contributed by atoms with Crippen LogP contribution in [0.15, 0.2) is 18.5 Å². The third-order valence-corrected chi connectivity index (χ3v) is 4.06. The van der Waals surface area contributed by atoms with Crippen LogP contribution in [0.25, 0.3) is 0 Å². The molecule has 5 nitrogen and oxygen atoms in total. The maximum absolute atomic E-state index is 11.8. The van der Waals surface area contributed by atoms with Gasteiger partial charge in [-0.1, -0.05) is 12.8 Å². The third kappa shape index (κ3) is 5.72. The minimum atomic E-state index is -0.453. The van der Waals surface area contributed by atoms with Crippen molar-refractivity contribution in [1.29, 1.82) is 0 Å². The lowest BCUT2D eigenvalue weighted by Crippen LogP contribution is -2.45. The summed E-state index contributed by atoms with van der Waals surface area (Å²) >= 11 is 0. The monoisotopic (exact) mass is 307 g/mol. The highest BCUT2D eigenvalue weighted by Crippen LogP contribution is 2.27. The van der Waals surface area contributed by atoms with Crippen molar-refractivity contribution in [2.45, 2.75) is 64.6 Å². The number of aromatic nitrogens is 1. The molecule has 22 heavy (non-hydrogen) atoms. The molecular formula is C17H29N3O2. The predicted octanol–water partition coefficient (Wildman–Crippen LogP) is 3.19. The molecule has 1 saturated carbocycles. The largest absolute Gasteiger partial charge is 0.444 e. The van der Waals surface area contributed by atoms with Gasteiger partial charge in [0.1, 0.15) is 5.60 Å². The lowest BCUT2D eigenvalue weighted by Gasteiger charge is -2.26. The third-order valence-electron chi connectivity index (χ3n) is 4.06. The van der Waals surface area contributed by atoms with E-state index >= 15 is 0 Å². The van der Waals surface area contributed by atoms with E-state index in [0.717, 1.165) is 6.54 Å². The Morgan fingerprint density at radius 1 is 1.41 bits per heavy atom. The first kappa shape index (κ1) is 16.9. The van der Waals surface area contributed by atoms with E-state index in [-0.39, 0.29) is 6.09 Å². The fraction of sp³-hybridized carbons (Fsp3) is 0.706. The van der Waals surface area contributed by atoms with Crippen molar-refractivity contribution >= 4 is 6.09 Å². The number of H-pyrrole nitrogens is 1. The highest BCUT2D eigenvalue weighted by Gasteiger charge is 2.26. The van der Waals surface area contributed by atoms with Gasteiger partial charge in [0.25, 0.3) is 0 Å². The molecule has 0 spiro atoms. The van der Waals surface area contributed by atoms with E-state index in [0.29, 0.717) is 18.5 Å². The minimum absolute atomic E-state index is 0.296. The Bertz CT molecular complexity index is 445. The van der Waals surface area contributed by atoms with E-state index in [4.69, 9.17) is 4.74 Å². The number of carbonyl (C=O) groups is 1. The molecule has 5 heteroatoms. The average Bonchev–Trinajstić information content (AvgIpc) is 3.09. The predicted molar refractivity (Wildman–Crippen MR) is 87.6 cm³/mol. The van der Waals surface area contributed by atoms with Crippen LogP contribution in [0.2, 0.25) is 0 Å². The van der Waals surface area contributed by atoms with Crippen molar-refractivity contribution in [2.75, 3.05) is 6.54 Å². The van der Waals surface area contributed by atoms with Crippen LogP contribution >= 0.6 is 0 Å². The molecule has 0 bridgehead atoms. The first-order chi connectivity index (χ1) is 10.4. The fourth-order valence-electron chi connectivity index (χ4n) is 2.99. The molecule has 1 aliphatic rings. The normalized spacial score (nSPS) is 17.4. The number of amides is 1. The van der Waals surface area contributed by atoms with Gasteiger partial charge in [-0.05, 0) is 51.2 Å². The second kappa shape index (κ2) is 7.68. The van der Waals surface area contributed by atoms with Crippen molar-refractivity contribution in [3.63, 3.8) is 0 Å². The van der Waals surface area contributed by atoms with Gasteiger partial charge in [0.2, 0.25) is 0 Å². The van der Waals surface area contributed by atoms with Crippen LogP contribution in [0, 0.1) is 5.92 Å². The zero-order valence-corrected chi connectivity index (χ0v) is 13.9. The molecule has 3 N–H and O–H groups in total. The van der Waals surface area contributed by atoms with Crippen molar-refractivity contribution in [3.05, 3.63) is 24.0 Å². The molecule has 1 aliphatic carbocycles. The van der Waals surface area contributed by atoms with Crippen LogP contribution < -0.4 is 10.6 Å². The number of hydrogen-bond donors (Lipinski definition) is 3. The molecule has 0 radical (unpaired) electrons. The summed E-state index contributed by atoms with van der Waals surface area (Å²) in [5.41, 5.74) is 0.783. The zero-order chi connectivity index (χ0) is 16.0. The van der Waals surface area contributed by atoms with Crippen LogP contribution in [-0.4, -0.2) is 29.3 Å². The van der Waals surface area contributed by atoms with Crippen LogP contribution in [0.4, 0.5) is 4.79 Å². The van der Waals surface area contributed by atoms with Gasteiger partial charge in [0.05, 0.1) is 0 Å². The molecule has 1 fully saturated rings. The van der Waals surface area contributed by atoms with Crippen LogP contribution in [-0.2, 0) is 11.3 Å². The van der Waals surface area contributed by atoms with Gasteiger partial charge >= 0.3 is 6.09 Å². The molecule has 1 aromatic rings. The van der Waals surface area contributed by atoms with E-state index in [1.165, 1.54) is 31.2 Å². The Hall–Kier alpha value is -1.49. The summed E-state index contributed by atoms with van der Waals surface area (Å²) in [6.45, 7) is 7.08. The van der Waals surface area contributed by atoms with E-state index in [1.807, 2.05) is 33.2 Å². The van der Waals surface area contributed by atoms with Gasteiger partial charge in [0, 0.05) is 31.5 Å². The van der Waals surface area contributed by atoms with Crippen LogP contribution in [0.3, 0.4) is 0 Å². The summed E-state index contributed by atoms with van der Waals surface area (Å²) < 4.78 is 5.32. The molecule has 1 heterocycles. The van der Waals surface area contributed by atoms with E-state index in [1.54, 1.807) is 0 Å². The van der Waals surface area contributed by atoms with Gasteiger partial charge in [-0.25, -0.2) is 4.79 Å². The second-order valence-electron chi connectivity index (χ2n) is 7.13. The Morgan fingerprint density at radius 2 is 2.14 bits per heavy atom. The highest BCUT2D eigenvalue weighted by molar-refractivity contribution is 5.67. The molecule has 124 valence electrons. The van der Waals surface area contributed by atoms with Crippen LogP contribution in [0.5, 0.6) is 0 Å². The van der Waals surface area contributed by atoms with Gasteiger partial charge in [-0.3, -0.25) is 0 Å². The van der Waals surface area contributed by atoms with Crippen LogP contribution in [0.1, 0.15) is 52.0 Å².